The fourth-order valence-corrected chi connectivity index (χ4v) is 2.73. The molecule has 0 atom stereocenters. The average Bonchev–Trinajstić information content (AvgIpc) is 2.60. The molecule has 0 aromatic heterocycles. The van der Waals surface area contributed by atoms with Gasteiger partial charge in [0.15, 0.2) is 0 Å². The van der Waals surface area contributed by atoms with Gasteiger partial charge < -0.3 is 21.1 Å². The van der Waals surface area contributed by atoms with Gasteiger partial charge in [0, 0.05) is 30.6 Å². The van der Waals surface area contributed by atoms with Crippen LogP contribution in [0.15, 0.2) is 12.1 Å². The summed E-state index contributed by atoms with van der Waals surface area (Å²) in [5.41, 5.74) is 6.59. The third-order valence-electron chi connectivity index (χ3n) is 4.62. The minimum atomic E-state index is -0.563. The van der Waals surface area contributed by atoms with Crippen LogP contribution in [0.25, 0.3) is 0 Å². The van der Waals surface area contributed by atoms with Crippen LogP contribution in [0, 0.1) is 12.3 Å². The maximum absolute atomic E-state index is 12.3. The van der Waals surface area contributed by atoms with Crippen LogP contribution in [0.4, 0.5) is 5.69 Å². The summed E-state index contributed by atoms with van der Waals surface area (Å²) < 4.78 is 5.23. The summed E-state index contributed by atoms with van der Waals surface area (Å²) in [6.07, 6.45) is 1.49. The second kappa shape index (κ2) is 11.3. The van der Waals surface area contributed by atoms with Crippen molar-refractivity contribution in [2.24, 2.45) is 11.1 Å². The van der Waals surface area contributed by atoms with Crippen molar-refractivity contribution >= 4 is 41.5 Å². The summed E-state index contributed by atoms with van der Waals surface area (Å²) in [6, 6.07) is 3.41. The van der Waals surface area contributed by atoms with Crippen molar-refractivity contribution < 1.29 is 14.3 Å². The quantitative estimate of drug-likeness (QED) is 0.587. The lowest BCUT2D eigenvalue weighted by molar-refractivity contribution is -0.131. The molecule has 0 spiro atoms. The van der Waals surface area contributed by atoms with Gasteiger partial charge in [-0.25, -0.2) is 0 Å². The zero-order chi connectivity index (χ0) is 19.0. The number of amides is 2. The van der Waals surface area contributed by atoms with E-state index in [1.54, 1.807) is 12.1 Å². The van der Waals surface area contributed by atoms with Crippen molar-refractivity contribution in [3.8, 4) is 5.75 Å². The molecule has 0 aliphatic rings. The van der Waals surface area contributed by atoms with Crippen LogP contribution in [-0.2, 0) is 9.59 Å². The fourth-order valence-electron chi connectivity index (χ4n) is 2.57. The minimum absolute atomic E-state index is 0. The highest BCUT2D eigenvalue weighted by Crippen LogP contribution is 2.31. The van der Waals surface area contributed by atoms with Gasteiger partial charge in [0.2, 0.25) is 11.8 Å². The number of aryl methyl sites for hydroxylation is 1. The number of carbonyl (C=O) groups is 2. The lowest BCUT2D eigenvalue weighted by atomic mass is 9.81. The number of nitrogens with one attached hydrogen (secondary N) is 2. The van der Waals surface area contributed by atoms with Crippen LogP contribution in [0.1, 0.15) is 38.7 Å². The molecule has 0 saturated carbocycles. The smallest absolute Gasteiger partial charge is 0.227 e. The number of rotatable bonds is 9. The van der Waals surface area contributed by atoms with Crippen LogP contribution in [0.2, 0.25) is 5.02 Å². The lowest BCUT2D eigenvalue weighted by Crippen LogP contribution is -2.45. The first-order valence-electron chi connectivity index (χ1n) is 8.45. The van der Waals surface area contributed by atoms with Gasteiger partial charge in [-0.2, -0.15) is 0 Å². The van der Waals surface area contributed by atoms with Crippen molar-refractivity contribution in [1.82, 2.24) is 5.32 Å². The molecule has 0 radical (unpaired) electrons. The fraction of sp³-hybridized carbons (Fsp3) is 0.556. The predicted molar refractivity (Wildman–Crippen MR) is 108 cm³/mol. The number of hydrogen-bond acceptors (Lipinski definition) is 4. The van der Waals surface area contributed by atoms with Crippen LogP contribution in [0.5, 0.6) is 5.75 Å². The molecule has 0 unspecified atom stereocenters. The molecule has 6 nitrogen and oxygen atoms in total. The first-order valence-corrected chi connectivity index (χ1v) is 8.83. The van der Waals surface area contributed by atoms with Crippen LogP contribution in [0.3, 0.4) is 0 Å². The Morgan fingerprint density at radius 3 is 2.38 bits per heavy atom. The van der Waals surface area contributed by atoms with E-state index in [-0.39, 0.29) is 37.2 Å². The molecule has 26 heavy (non-hydrogen) atoms. The zero-order valence-electron chi connectivity index (χ0n) is 15.8. The maximum Gasteiger partial charge on any atom is 0.227 e. The van der Waals surface area contributed by atoms with Crippen molar-refractivity contribution in [3.05, 3.63) is 22.7 Å². The van der Waals surface area contributed by atoms with E-state index < -0.39 is 5.41 Å². The molecule has 0 saturated heterocycles. The topological polar surface area (TPSA) is 93.5 Å². The molecule has 2 amide bonds. The Balaban J connectivity index is 0.00000625. The molecule has 1 aromatic rings. The van der Waals surface area contributed by atoms with E-state index in [2.05, 4.69) is 10.6 Å². The van der Waals surface area contributed by atoms with E-state index >= 15 is 0 Å². The standard InChI is InChI=1S/C18H28ClN3O3.ClH/c1-5-18(6-2,11-20)17(24)21-8-7-16(23)22-14-9-12(3)13(19)10-15(14)25-4;/h9-10H,5-8,11,20H2,1-4H3,(H,21,24)(H,22,23);1H. The Kier molecular flexibility index (Phi) is 10.6. The summed E-state index contributed by atoms with van der Waals surface area (Å²) in [6.45, 7) is 6.27. The van der Waals surface area contributed by atoms with Crippen molar-refractivity contribution in [2.75, 3.05) is 25.5 Å². The van der Waals surface area contributed by atoms with Crippen LogP contribution >= 0.6 is 24.0 Å². The largest absolute Gasteiger partial charge is 0.495 e. The molecule has 1 aromatic carbocycles. The molecule has 1 rings (SSSR count). The first kappa shape index (κ1) is 24.5. The number of anilines is 1. The maximum atomic E-state index is 12.3. The molecule has 0 bridgehead atoms. The number of methoxy groups -OCH3 is 1. The minimum Gasteiger partial charge on any atom is -0.495 e. The molecule has 4 N–H and O–H groups in total. The predicted octanol–water partition coefficient (Wildman–Crippen LogP) is 3.29. The normalized spacial score (nSPS) is 10.7. The van der Waals surface area contributed by atoms with Gasteiger partial charge in [-0.1, -0.05) is 25.4 Å². The average molecular weight is 406 g/mol. The van der Waals surface area contributed by atoms with E-state index in [1.807, 2.05) is 20.8 Å². The lowest BCUT2D eigenvalue weighted by Gasteiger charge is -2.28. The molecule has 8 heteroatoms. The first-order chi connectivity index (χ1) is 11.8. The Bertz CT molecular complexity index is 612. The highest BCUT2D eigenvalue weighted by Gasteiger charge is 2.32. The van der Waals surface area contributed by atoms with Gasteiger partial charge in [-0.05, 0) is 31.4 Å². The van der Waals surface area contributed by atoms with Crippen LogP contribution < -0.4 is 21.1 Å². The number of hydrogen-bond donors (Lipinski definition) is 3. The molecule has 0 heterocycles. The van der Waals surface area contributed by atoms with E-state index in [9.17, 15) is 9.59 Å². The van der Waals surface area contributed by atoms with Gasteiger partial charge in [-0.3, -0.25) is 9.59 Å². The molecular weight excluding hydrogens is 377 g/mol. The summed E-state index contributed by atoms with van der Waals surface area (Å²) in [5.74, 6) is 0.173. The summed E-state index contributed by atoms with van der Waals surface area (Å²) in [5, 5.41) is 6.16. The molecule has 0 fully saturated rings. The Morgan fingerprint density at radius 1 is 1.27 bits per heavy atom. The third-order valence-corrected chi connectivity index (χ3v) is 5.03. The van der Waals surface area contributed by atoms with Gasteiger partial charge in [-0.15, -0.1) is 12.4 Å². The number of ether oxygens (including phenoxy) is 1. The summed E-state index contributed by atoms with van der Waals surface area (Å²) in [7, 11) is 1.51. The SMILES string of the molecule is CCC(CC)(CN)C(=O)NCCC(=O)Nc1cc(C)c(Cl)cc1OC.Cl. The number of nitrogens with two attached hydrogens (primary N) is 1. The second-order valence-corrected chi connectivity index (χ2v) is 6.45. The van der Waals surface area contributed by atoms with Gasteiger partial charge in [0.25, 0.3) is 0 Å². The van der Waals surface area contributed by atoms with E-state index in [0.29, 0.717) is 35.8 Å². The highest BCUT2D eigenvalue weighted by atomic mass is 35.5. The molecule has 148 valence electrons. The van der Waals surface area contributed by atoms with Crippen molar-refractivity contribution in [3.63, 3.8) is 0 Å². The number of carbonyl (C=O) groups excluding carboxylic acids is 2. The van der Waals surface area contributed by atoms with Gasteiger partial charge >= 0.3 is 0 Å². The van der Waals surface area contributed by atoms with E-state index in [4.69, 9.17) is 22.1 Å². The van der Waals surface area contributed by atoms with E-state index in [0.717, 1.165) is 5.56 Å². The Labute approximate surface area is 166 Å². The number of halogens is 2. The van der Waals surface area contributed by atoms with Crippen molar-refractivity contribution in [1.29, 1.82) is 0 Å². The summed E-state index contributed by atoms with van der Waals surface area (Å²) in [4.78, 5) is 24.5. The zero-order valence-corrected chi connectivity index (χ0v) is 17.4. The Morgan fingerprint density at radius 2 is 1.88 bits per heavy atom. The van der Waals surface area contributed by atoms with Crippen LogP contribution in [-0.4, -0.2) is 32.0 Å². The molecule has 0 aliphatic carbocycles. The monoisotopic (exact) mass is 405 g/mol. The van der Waals surface area contributed by atoms with Gasteiger partial charge in [0.05, 0.1) is 18.2 Å². The number of benzene rings is 1. The second-order valence-electron chi connectivity index (χ2n) is 6.05. The molecular formula is C18H29Cl2N3O3. The van der Waals surface area contributed by atoms with E-state index in [1.165, 1.54) is 7.11 Å². The van der Waals surface area contributed by atoms with Gasteiger partial charge in [0.1, 0.15) is 5.75 Å². The Hall–Kier alpha value is -1.50. The van der Waals surface area contributed by atoms with Crippen molar-refractivity contribution in [2.45, 2.75) is 40.0 Å². The summed E-state index contributed by atoms with van der Waals surface area (Å²) >= 11 is 6.05. The molecule has 0 aliphatic heterocycles. The third kappa shape index (κ3) is 6.04. The highest BCUT2D eigenvalue weighted by molar-refractivity contribution is 6.31.